The lowest BCUT2D eigenvalue weighted by Crippen LogP contribution is -2.17. The van der Waals surface area contributed by atoms with E-state index in [-0.39, 0.29) is 5.97 Å². The lowest BCUT2D eigenvalue weighted by atomic mass is 9.89. The minimum Gasteiger partial charge on any atom is -0.465 e. The molecule has 0 aromatic rings. The molecular weight excluding hydrogens is 791 g/mol. The molecule has 0 saturated heterocycles. The number of allylic oxidation sites excluding steroid dienone is 2. The van der Waals surface area contributed by atoms with Crippen LogP contribution in [0.4, 0.5) is 0 Å². The van der Waals surface area contributed by atoms with Gasteiger partial charge in [0, 0.05) is 6.42 Å². The molecule has 0 heterocycles. The normalized spacial score (nSPS) is 13.5. The Balaban J connectivity index is 4.70. The lowest BCUT2D eigenvalue weighted by Gasteiger charge is -2.17. The van der Waals surface area contributed by atoms with Crippen LogP contribution < -0.4 is 0 Å². The van der Waals surface area contributed by atoms with Crippen molar-refractivity contribution >= 4 is 5.97 Å². The Bertz CT molecular complexity index is 958. The maximum absolute atomic E-state index is 12.3. The van der Waals surface area contributed by atoms with E-state index in [1.807, 2.05) is 0 Å². The fourth-order valence-electron chi connectivity index (χ4n) is 10.4. The van der Waals surface area contributed by atoms with Gasteiger partial charge in [0.1, 0.15) is 0 Å². The first-order valence-corrected chi connectivity index (χ1v) is 30.3. The van der Waals surface area contributed by atoms with E-state index in [4.69, 9.17) is 4.74 Å². The minimum atomic E-state index is -0.0289. The van der Waals surface area contributed by atoms with Crippen LogP contribution in [-0.4, -0.2) is 38.1 Å². The van der Waals surface area contributed by atoms with Crippen LogP contribution in [0.3, 0.4) is 0 Å². The third kappa shape index (κ3) is 50.9. The van der Waals surface area contributed by atoms with Crippen molar-refractivity contribution in [3.63, 3.8) is 0 Å². The largest absolute Gasteiger partial charge is 0.465 e. The lowest BCUT2D eigenvalue weighted by molar-refractivity contribution is -0.145. The molecule has 0 saturated carbocycles. The van der Waals surface area contributed by atoms with E-state index in [0.717, 1.165) is 25.3 Å². The summed E-state index contributed by atoms with van der Waals surface area (Å²) in [5.41, 5.74) is 1.72. The summed E-state index contributed by atoms with van der Waals surface area (Å²) in [7, 11) is 4.12. The predicted octanol–water partition coefficient (Wildman–Crippen LogP) is 21.3. The smallest absolute Gasteiger partial charge is 0.305 e. The molecule has 0 aliphatic carbocycles. The number of ether oxygens (including phenoxy) is 1. The SMILES string of the molecule is CCCCCCCCCCCCCCCCCC/C(=C\C(C)CC(C)COC(=O)CCCN(C)C)CCCCCCCCC(CCCCCCCCCC)CCCCCCCCCCC. The maximum Gasteiger partial charge on any atom is 0.305 e. The van der Waals surface area contributed by atoms with Gasteiger partial charge in [-0.3, -0.25) is 4.79 Å². The molecule has 0 spiro atoms. The van der Waals surface area contributed by atoms with Crippen molar-refractivity contribution in [2.45, 2.75) is 336 Å². The molecule has 0 bridgehead atoms. The molecule has 0 aliphatic rings. The molecule has 0 fully saturated rings. The molecule has 0 aromatic heterocycles. The first kappa shape index (κ1) is 64.2. The van der Waals surface area contributed by atoms with Crippen molar-refractivity contribution in [3.8, 4) is 0 Å². The van der Waals surface area contributed by atoms with Crippen molar-refractivity contribution in [2.24, 2.45) is 17.8 Å². The van der Waals surface area contributed by atoms with Gasteiger partial charge in [0.15, 0.2) is 0 Å². The zero-order valence-electron chi connectivity index (χ0n) is 46.2. The highest BCUT2D eigenvalue weighted by molar-refractivity contribution is 5.69. The quantitative estimate of drug-likeness (QED) is 0.0346. The minimum absolute atomic E-state index is 0.0289. The van der Waals surface area contributed by atoms with Gasteiger partial charge in [0.2, 0.25) is 0 Å². The molecule has 3 heteroatoms. The van der Waals surface area contributed by atoms with E-state index in [2.05, 4.69) is 59.7 Å². The van der Waals surface area contributed by atoms with Gasteiger partial charge in [-0.2, -0.15) is 0 Å². The summed E-state index contributed by atoms with van der Waals surface area (Å²) in [5, 5.41) is 0. The van der Waals surface area contributed by atoms with E-state index in [0.29, 0.717) is 24.9 Å². The molecule has 3 atom stereocenters. The molecule has 0 N–H and O–H groups in total. The van der Waals surface area contributed by atoms with Gasteiger partial charge in [-0.05, 0) is 76.9 Å². The van der Waals surface area contributed by atoms with Crippen molar-refractivity contribution < 1.29 is 9.53 Å². The highest BCUT2D eigenvalue weighted by Gasteiger charge is 2.13. The van der Waals surface area contributed by atoms with Gasteiger partial charge in [0.25, 0.3) is 0 Å². The van der Waals surface area contributed by atoms with Crippen molar-refractivity contribution in [1.29, 1.82) is 0 Å². The van der Waals surface area contributed by atoms with E-state index >= 15 is 0 Å². The Morgan fingerprint density at radius 3 is 1.05 bits per heavy atom. The number of carbonyl (C=O) groups excluding carboxylic acids is 1. The molecule has 0 aromatic carbocycles. The van der Waals surface area contributed by atoms with Crippen LogP contribution in [-0.2, 0) is 9.53 Å². The second kappa shape index (κ2) is 52.5. The summed E-state index contributed by atoms with van der Waals surface area (Å²) < 4.78 is 5.69. The third-order valence-electron chi connectivity index (χ3n) is 14.7. The molecule has 388 valence electrons. The van der Waals surface area contributed by atoms with Gasteiger partial charge >= 0.3 is 5.97 Å². The Kier molecular flexibility index (Phi) is 51.9. The van der Waals surface area contributed by atoms with Crippen LogP contribution in [0.5, 0.6) is 0 Å². The van der Waals surface area contributed by atoms with Gasteiger partial charge in [0.05, 0.1) is 6.61 Å². The topological polar surface area (TPSA) is 29.5 Å². The average molecular weight is 915 g/mol. The first-order valence-electron chi connectivity index (χ1n) is 30.3. The van der Waals surface area contributed by atoms with Gasteiger partial charge < -0.3 is 9.64 Å². The van der Waals surface area contributed by atoms with E-state index in [9.17, 15) is 4.79 Å². The van der Waals surface area contributed by atoms with Gasteiger partial charge in [-0.25, -0.2) is 0 Å². The summed E-state index contributed by atoms with van der Waals surface area (Å²) >= 11 is 0. The van der Waals surface area contributed by atoms with Crippen LogP contribution in [0.25, 0.3) is 0 Å². The predicted molar refractivity (Wildman–Crippen MR) is 293 cm³/mol. The highest BCUT2D eigenvalue weighted by Crippen LogP contribution is 2.27. The van der Waals surface area contributed by atoms with Crippen LogP contribution in [0.15, 0.2) is 11.6 Å². The van der Waals surface area contributed by atoms with Crippen molar-refractivity contribution in [3.05, 3.63) is 11.6 Å². The standard InChI is InChI=1S/C62H123NO2/c1-8-11-14-17-20-23-24-25-26-27-28-29-31-34-40-45-51-61(56-58(4)55-59(5)57-65-62(64)53-47-54-63(6)7)52-46-41-36-35-39-44-50-60(48-42-37-32-22-19-16-13-10-3)49-43-38-33-30-21-18-15-12-9-2/h56,58-60H,8-55,57H2,1-7H3/b61-56+. The van der Waals surface area contributed by atoms with E-state index in [1.165, 1.54) is 283 Å². The molecule has 65 heavy (non-hydrogen) atoms. The van der Waals surface area contributed by atoms with E-state index in [1.54, 1.807) is 5.57 Å². The maximum atomic E-state index is 12.3. The Labute approximate surface area is 411 Å². The monoisotopic (exact) mass is 914 g/mol. The number of hydrogen-bond acceptors (Lipinski definition) is 3. The summed E-state index contributed by atoms with van der Waals surface area (Å²) in [5.74, 6) is 1.91. The number of rotatable bonds is 54. The molecular formula is C62H123NO2. The number of unbranched alkanes of at least 4 members (excludes halogenated alkanes) is 35. The number of esters is 1. The molecule has 0 amide bonds. The first-order chi connectivity index (χ1) is 31.8. The fourth-order valence-corrected chi connectivity index (χ4v) is 10.4. The highest BCUT2D eigenvalue weighted by atomic mass is 16.5. The third-order valence-corrected chi connectivity index (χ3v) is 14.7. The molecule has 3 nitrogen and oxygen atoms in total. The Morgan fingerprint density at radius 2 is 0.723 bits per heavy atom. The van der Waals surface area contributed by atoms with Crippen molar-refractivity contribution in [2.75, 3.05) is 27.2 Å². The second-order valence-electron chi connectivity index (χ2n) is 22.2. The van der Waals surface area contributed by atoms with E-state index < -0.39 is 0 Å². The zero-order chi connectivity index (χ0) is 47.5. The second-order valence-corrected chi connectivity index (χ2v) is 22.2. The summed E-state index contributed by atoms with van der Waals surface area (Å²) in [4.78, 5) is 14.4. The van der Waals surface area contributed by atoms with Crippen molar-refractivity contribution in [1.82, 2.24) is 4.90 Å². The molecule has 0 aliphatic heterocycles. The average Bonchev–Trinajstić information content (AvgIpc) is 3.28. The molecule has 3 unspecified atom stereocenters. The number of nitrogens with zero attached hydrogens (tertiary/aromatic N) is 1. The Morgan fingerprint density at radius 1 is 0.415 bits per heavy atom. The van der Waals surface area contributed by atoms with Gasteiger partial charge in [-0.1, -0.05) is 303 Å². The molecule has 0 rings (SSSR count). The van der Waals surface area contributed by atoms with Crippen LogP contribution in [0.2, 0.25) is 0 Å². The Hall–Kier alpha value is -0.830. The summed E-state index contributed by atoms with van der Waals surface area (Å²) in [6.45, 7) is 13.1. The fraction of sp³-hybridized carbons (Fsp3) is 0.952. The number of carbonyl (C=O) groups is 1. The summed E-state index contributed by atoms with van der Waals surface area (Å²) in [6.07, 6.45) is 68.3. The van der Waals surface area contributed by atoms with Crippen LogP contribution in [0, 0.1) is 17.8 Å². The zero-order valence-corrected chi connectivity index (χ0v) is 46.2. The number of hydrogen-bond donors (Lipinski definition) is 0. The van der Waals surface area contributed by atoms with Gasteiger partial charge in [-0.15, -0.1) is 0 Å². The molecule has 0 radical (unpaired) electrons. The van der Waals surface area contributed by atoms with Crippen LogP contribution >= 0.6 is 0 Å². The van der Waals surface area contributed by atoms with Crippen LogP contribution in [0.1, 0.15) is 336 Å². The summed E-state index contributed by atoms with van der Waals surface area (Å²) in [6, 6.07) is 0.